The van der Waals surface area contributed by atoms with Gasteiger partial charge in [0, 0.05) is 62.4 Å². The second-order valence-electron chi connectivity index (χ2n) is 10.9. The highest BCUT2D eigenvalue weighted by molar-refractivity contribution is 7.80. The van der Waals surface area contributed by atoms with Crippen LogP contribution in [0.4, 0.5) is 17.6 Å². The normalized spacial score (nSPS) is 21.9. The molecule has 0 aliphatic carbocycles. The van der Waals surface area contributed by atoms with Crippen LogP contribution in [-0.2, 0) is 10.2 Å². The number of nitrogens with one attached hydrogen (secondary N) is 2. The summed E-state index contributed by atoms with van der Waals surface area (Å²) in [6.07, 6.45) is 8.05. The average Bonchev–Trinajstić information content (AvgIpc) is 2.93. The van der Waals surface area contributed by atoms with Crippen LogP contribution >= 0.6 is 23.8 Å². The standard InChI is InChI=1S/C28H39ClN6OS/c1-21-6-5-15-35(19-21)25-18-24(34-13-3-2-4-14-34)31-26(32-25)33-27(37)30-20-28(11-16-36-17-12-28)22-7-9-23(29)10-8-22/h7-10,18,21H,2-6,11-17,19-20H2,1H3,(H2,30,31,32,33,37). The molecule has 5 rings (SSSR count). The lowest BCUT2D eigenvalue weighted by molar-refractivity contribution is 0.0515. The fourth-order valence-corrected chi connectivity index (χ4v) is 6.14. The Hall–Kier alpha value is -2.16. The highest BCUT2D eigenvalue weighted by atomic mass is 35.5. The van der Waals surface area contributed by atoms with E-state index >= 15 is 0 Å². The van der Waals surface area contributed by atoms with E-state index in [2.05, 4.69) is 45.6 Å². The number of hydrogen-bond donors (Lipinski definition) is 2. The maximum absolute atomic E-state index is 6.17. The average molecular weight is 543 g/mol. The summed E-state index contributed by atoms with van der Waals surface area (Å²) in [4.78, 5) is 14.6. The predicted molar refractivity (Wildman–Crippen MR) is 156 cm³/mol. The van der Waals surface area contributed by atoms with E-state index in [0.29, 0.717) is 23.5 Å². The van der Waals surface area contributed by atoms with E-state index in [0.717, 1.165) is 68.9 Å². The van der Waals surface area contributed by atoms with E-state index in [9.17, 15) is 0 Å². The second-order valence-corrected chi connectivity index (χ2v) is 11.7. The van der Waals surface area contributed by atoms with Crippen molar-refractivity contribution in [2.75, 3.05) is 61.1 Å². The van der Waals surface area contributed by atoms with Crippen LogP contribution in [0.5, 0.6) is 0 Å². The molecule has 2 aromatic rings. The van der Waals surface area contributed by atoms with Crippen LogP contribution in [0.15, 0.2) is 30.3 Å². The third-order valence-corrected chi connectivity index (χ3v) is 8.58. The van der Waals surface area contributed by atoms with Crippen LogP contribution in [0.2, 0.25) is 5.02 Å². The van der Waals surface area contributed by atoms with E-state index in [1.807, 2.05) is 12.1 Å². The van der Waals surface area contributed by atoms with Gasteiger partial charge >= 0.3 is 0 Å². The maximum Gasteiger partial charge on any atom is 0.232 e. The van der Waals surface area contributed by atoms with Gasteiger partial charge in [-0.15, -0.1) is 0 Å². The summed E-state index contributed by atoms with van der Waals surface area (Å²) >= 11 is 11.9. The summed E-state index contributed by atoms with van der Waals surface area (Å²) in [5, 5.41) is 8.11. The van der Waals surface area contributed by atoms with Crippen LogP contribution in [0.25, 0.3) is 0 Å². The topological polar surface area (TPSA) is 65.5 Å². The minimum absolute atomic E-state index is 0.0554. The molecule has 3 aliphatic rings. The smallest absolute Gasteiger partial charge is 0.232 e. The quantitative estimate of drug-likeness (QED) is 0.471. The Morgan fingerprint density at radius 1 is 1.03 bits per heavy atom. The molecule has 4 heterocycles. The Morgan fingerprint density at radius 3 is 2.41 bits per heavy atom. The van der Waals surface area contributed by atoms with Crippen molar-refractivity contribution < 1.29 is 4.74 Å². The predicted octanol–water partition coefficient (Wildman–Crippen LogP) is 5.39. The van der Waals surface area contributed by atoms with Crippen molar-refractivity contribution in [3.05, 3.63) is 40.9 Å². The summed E-state index contributed by atoms with van der Waals surface area (Å²) in [7, 11) is 0. The third kappa shape index (κ3) is 6.65. The third-order valence-electron chi connectivity index (χ3n) is 8.08. The van der Waals surface area contributed by atoms with Crippen LogP contribution in [0.1, 0.15) is 57.4 Å². The summed E-state index contributed by atoms with van der Waals surface area (Å²) in [6, 6.07) is 10.4. The molecular weight excluding hydrogens is 504 g/mol. The molecule has 1 aromatic heterocycles. The SMILES string of the molecule is CC1CCCN(c2cc(N3CCCCC3)nc(NC(=S)NCC3(c4ccc(Cl)cc4)CCOCC3)n2)C1. The van der Waals surface area contributed by atoms with Gasteiger partial charge in [-0.2, -0.15) is 9.97 Å². The van der Waals surface area contributed by atoms with Gasteiger partial charge in [-0.05, 0) is 80.8 Å². The largest absolute Gasteiger partial charge is 0.381 e. The van der Waals surface area contributed by atoms with Gasteiger partial charge in [0.25, 0.3) is 0 Å². The first-order valence-corrected chi connectivity index (χ1v) is 14.6. The molecule has 9 heteroatoms. The highest BCUT2D eigenvalue weighted by Gasteiger charge is 2.34. The van der Waals surface area contributed by atoms with Crippen molar-refractivity contribution in [1.29, 1.82) is 0 Å². The van der Waals surface area contributed by atoms with E-state index in [1.54, 1.807) is 0 Å². The fraction of sp³-hybridized carbons (Fsp3) is 0.607. The van der Waals surface area contributed by atoms with Gasteiger partial charge in [0.15, 0.2) is 5.11 Å². The molecule has 0 saturated carbocycles. The minimum Gasteiger partial charge on any atom is -0.381 e. The number of rotatable bonds is 6. The molecule has 1 atom stereocenters. The van der Waals surface area contributed by atoms with Crippen LogP contribution in [0, 0.1) is 5.92 Å². The Morgan fingerprint density at radius 2 is 1.70 bits per heavy atom. The molecule has 1 aromatic carbocycles. The van der Waals surface area contributed by atoms with E-state index < -0.39 is 0 Å². The second kappa shape index (κ2) is 12.1. The Bertz CT molecular complexity index is 1060. The van der Waals surface area contributed by atoms with E-state index in [4.69, 9.17) is 38.5 Å². The highest BCUT2D eigenvalue weighted by Crippen LogP contribution is 2.35. The number of aromatic nitrogens is 2. The number of anilines is 3. The van der Waals surface area contributed by atoms with Crippen molar-refractivity contribution >= 4 is 46.5 Å². The van der Waals surface area contributed by atoms with Crippen LogP contribution < -0.4 is 20.4 Å². The molecular formula is C28H39ClN6OS. The number of halogens is 1. The molecule has 0 radical (unpaired) electrons. The fourth-order valence-electron chi connectivity index (χ4n) is 5.85. The Balaban J connectivity index is 1.32. The molecule has 7 nitrogen and oxygen atoms in total. The van der Waals surface area contributed by atoms with Gasteiger partial charge in [-0.25, -0.2) is 0 Å². The lowest BCUT2D eigenvalue weighted by atomic mass is 9.74. The molecule has 3 aliphatic heterocycles. The number of nitrogens with zero attached hydrogens (tertiary/aromatic N) is 4. The van der Waals surface area contributed by atoms with Gasteiger partial charge in [0.05, 0.1) is 0 Å². The zero-order valence-corrected chi connectivity index (χ0v) is 23.4. The Kier molecular flexibility index (Phi) is 8.67. The van der Waals surface area contributed by atoms with Gasteiger partial charge in [-0.1, -0.05) is 30.7 Å². The summed E-state index contributed by atoms with van der Waals surface area (Å²) in [6.45, 7) is 8.67. The molecule has 3 fully saturated rings. The number of piperidine rings is 2. The molecule has 3 saturated heterocycles. The first-order chi connectivity index (χ1) is 18.0. The van der Waals surface area contributed by atoms with E-state index in [-0.39, 0.29) is 5.41 Å². The van der Waals surface area contributed by atoms with Crippen molar-refractivity contribution in [2.24, 2.45) is 5.92 Å². The molecule has 0 spiro atoms. The van der Waals surface area contributed by atoms with Gasteiger partial charge in [-0.3, -0.25) is 0 Å². The number of benzene rings is 1. The Labute approximate surface area is 231 Å². The number of thiocarbonyl (C=S) groups is 1. The minimum atomic E-state index is -0.0554. The van der Waals surface area contributed by atoms with Crippen LogP contribution in [-0.4, -0.2) is 61.0 Å². The summed E-state index contributed by atoms with van der Waals surface area (Å²) in [5.74, 6) is 3.23. The van der Waals surface area contributed by atoms with Crippen molar-refractivity contribution in [3.63, 3.8) is 0 Å². The van der Waals surface area contributed by atoms with Gasteiger partial charge < -0.3 is 25.2 Å². The maximum atomic E-state index is 6.17. The lowest BCUT2D eigenvalue weighted by Gasteiger charge is -2.38. The zero-order chi connectivity index (χ0) is 25.7. The molecule has 37 heavy (non-hydrogen) atoms. The summed E-state index contributed by atoms with van der Waals surface area (Å²) < 4.78 is 5.69. The molecule has 0 bridgehead atoms. The van der Waals surface area contributed by atoms with E-state index in [1.165, 1.54) is 37.7 Å². The van der Waals surface area contributed by atoms with Crippen LogP contribution in [0.3, 0.4) is 0 Å². The number of ether oxygens (including phenoxy) is 1. The first kappa shape index (κ1) is 26.4. The van der Waals surface area contributed by atoms with Crippen molar-refractivity contribution in [1.82, 2.24) is 15.3 Å². The molecule has 0 amide bonds. The molecule has 200 valence electrons. The van der Waals surface area contributed by atoms with Crippen molar-refractivity contribution in [2.45, 2.75) is 57.3 Å². The van der Waals surface area contributed by atoms with Crippen molar-refractivity contribution in [3.8, 4) is 0 Å². The monoisotopic (exact) mass is 542 g/mol. The van der Waals surface area contributed by atoms with Gasteiger partial charge in [0.1, 0.15) is 11.6 Å². The molecule has 1 unspecified atom stereocenters. The number of hydrogen-bond acceptors (Lipinski definition) is 6. The lowest BCUT2D eigenvalue weighted by Crippen LogP contribution is -2.45. The first-order valence-electron chi connectivity index (χ1n) is 13.8. The summed E-state index contributed by atoms with van der Waals surface area (Å²) in [5.41, 5.74) is 1.21. The molecule has 2 N–H and O–H groups in total. The van der Waals surface area contributed by atoms with Gasteiger partial charge in [0.2, 0.25) is 5.95 Å². The zero-order valence-electron chi connectivity index (χ0n) is 21.8.